The Morgan fingerprint density at radius 2 is 1.97 bits per heavy atom. The number of nitrogens with one attached hydrogen (secondary N) is 1. The standard InChI is InChI=1S/C23H26N4O2/c1-16(2)18-6-5-7-19(14-18)24-22(28)15-29-20-11-9-17(10-12-20)23-26-25-21-8-3-4-13-27(21)23/h5-7,9-12,14,16H,3-4,8,13,15H2,1-2H3,(H,24,28). The SMILES string of the molecule is CC(C)c1cccc(NC(=O)COc2ccc(-c3nnc4n3CCCC4)cc2)c1. The predicted molar refractivity (Wildman–Crippen MR) is 113 cm³/mol. The van der Waals surface area contributed by atoms with Gasteiger partial charge < -0.3 is 14.6 Å². The van der Waals surface area contributed by atoms with Gasteiger partial charge in [-0.25, -0.2) is 0 Å². The molecule has 2 heterocycles. The number of aryl methyl sites for hydroxylation is 1. The van der Waals surface area contributed by atoms with Crippen LogP contribution in [0, 0.1) is 0 Å². The summed E-state index contributed by atoms with van der Waals surface area (Å²) in [6.45, 7) is 5.19. The number of fused-ring (bicyclic) bond motifs is 1. The molecule has 6 nitrogen and oxygen atoms in total. The minimum atomic E-state index is -0.179. The van der Waals surface area contributed by atoms with E-state index in [2.05, 4.69) is 40.0 Å². The number of amides is 1. The molecule has 29 heavy (non-hydrogen) atoms. The van der Waals surface area contributed by atoms with Crippen molar-refractivity contribution in [2.45, 2.75) is 45.6 Å². The third-order valence-electron chi connectivity index (χ3n) is 5.18. The van der Waals surface area contributed by atoms with E-state index in [0.717, 1.165) is 42.3 Å². The van der Waals surface area contributed by atoms with E-state index in [9.17, 15) is 4.79 Å². The molecule has 0 aliphatic carbocycles. The summed E-state index contributed by atoms with van der Waals surface area (Å²) >= 11 is 0. The molecule has 0 saturated heterocycles. The zero-order valence-corrected chi connectivity index (χ0v) is 16.9. The summed E-state index contributed by atoms with van der Waals surface area (Å²) < 4.78 is 7.84. The molecule has 3 aromatic rings. The molecule has 1 aliphatic heterocycles. The van der Waals surface area contributed by atoms with E-state index in [1.165, 1.54) is 12.0 Å². The number of hydrogen-bond acceptors (Lipinski definition) is 4. The Morgan fingerprint density at radius 3 is 2.76 bits per heavy atom. The van der Waals surface area contributed by atoms with Crippen LogP contribution < -0.4 is 10.1 Å². The Kier molecular flexibility index (Phi) is 5.60. The third kappa shape index (κ3) is 4.47. The minimum Gasteiger partial charge on any atom is -0.484 e. The highest BCUT2D eigenvalue weighted by Gasteiger charge is 2.16. The molecule has 150 valence electrons. The average molecular weight is 390 g/mol. The highest BCUT2D eigenvalue weighted by molar-refractivity contribution is 5.91. The first-order valence-corrected chi connectivity index (χ1v) is 10.2. The van der Waals surface area contributed by atoms with Crippen molar-refractivity contribution in [2.24, 2.45) is 0 Å². The highest BCUT2D eigenvalue weighted by atomic mass is 16.5. The zero-order chi connectivity index (χ0) is 20.2. The molecule has 1 N–H and O–H groups in total. The maximum Gasteiger partial charge on any atom is 0.262 e. The fourth-order valence-corrected chi connectivity index (χ4v) is 3.54. The van der Waals surface area contributed by atoms with Crippen LogP contribution in [0.4, 0.5) is 5.69 Å². The van der Waals surface area contributed by atoms with Gasteiger partial charge in [0.15, 0.2) is 12.4 Å². The van der Waals surface area contributed by atoms with Crippen LogP contribution in [0.15, 0.2) is 48.5 Å². The number of hydrogen-bond donors (Lipinski definition) is 1. The van der Waals surface area contributed by atoms with E-state index in [-0.39, 0.29) is 12.5 Å². The van der Waals surface area contributed by atoms with Crippen LogP contribution in [0.25, 0.3) is 11.4 Å². The predicted octanol–water partition coefficient (Wildman–Crippen LogP) is 4.42. The molecule has 0 bridgehead atoms. The summed E-state index contributed by atoms with van der Waals surface area (Å²) in [5, 5.41) is 11.5. The van der Waals surface area contributed by atoms with Crippen molar-refractivity contribution in [3.8, 4) is 17.1 Å². The van der Waals surface area contributed by atoms with Gasteiger partial charge in [0.2, 0.25) is 0 Å². The third-order valence-corrected chi connectivity index (χ3v) is 5.18. The van der Waals surface area contributed by atoms with E-state index in [1.807, 2.05) is 42.5 Å². The van der Waals surface area contributed by atoms with E-state index >= 15 is 0 Å². The molecule has 1 amide bonds. The van der Waals surface area contributed by atoms with Gasteiger partial charge in [0.05, 0.1) is 0 Å². The van der Waals surface area contributed by atoms with Gasteiger partial charge in [0.25, 0.3) is 5.91 Å². The largest absolute Gasteiger partial charge is 0.484 e. The summed E-state index contributed by atoms with van der Waals surface area (Å²) in [7, 11) is 0. The number of benzene rings is 2. The quantitative estimate of drug-likeness (QED) is 0.676. The van der Waals surface area contributed by atoms with E-state index in [0.29, 0.717) is 11.7 Å². The fraction of sp³-hybridized carbons (Fsp3) is 0.348. The molecule has 1 aromatic heterocycles. The van der Waals surface area contributed by atoms with Crippen LogP contribution in [-0.2, 0) is 17.8 Å². The molecule has 4 rings (SSSR count). The molecule has 0 spiro atoms. The molecule has 0 unspecified atom stereocenters. The minimum absolute atomic E-state index is 0.0361. The lowest BCUT2D eigenvalue weighted by molar-refractivity contribution is -0.118. The summed E-state index contributed by atoms with van der Waals surface area (Å²) in [5.41, 5.74) is 2.99. The molecule has 6 heteroatoms. The van der Waals surface area contributed by atoms with Crippen LogP contribution in [0.5, 0.6) is 5.75 Å². The number of aromatic nitrogens is 3. The average Bonchev–Trinajstić information content (AvgIpc) is 3.17. The van der Waals surface area contributed by atoms with Crippen molar-refractivity contribution in [3.63, 3.8) is 0 Å². The van der Waals surface area contributed by atoms with Gasteiger partial charge in [-0.1, -0.05) is 26.0 Å². The van der Waals surface area contributed by atoms with Crippen LogP contribution in [0.1, 0.15) is 44.0 Å². The van der Waals surface area contributed by atoms with Crippen molar-refractivity contribution in [1.29, 1.82) is 0 Å². The lowest BCUT2D eigenvalue weighted by Gasteiger charge is -2.14. The first-order chi connectivity index (χ1) is 14.1. The maximum absolute atomic E-state index is 12.2. The lowest BCUT2D eigenvalue weighted by Crippen LogP contribution is -2.20. The van der Waals surface area contributed by atoms with Gasteiger partial charge in [-0.3, -0.25) is 4.79 Å². The Bertz CT molecular complexity index is 992. The number of anilines is 1. The Morgan fingerprint density at radius 1 is 1.14 bits per heavy atom. The molecule has 2 aromatic carbocycles. The number of carbonyl (C=O) groups excluding carboxylic acids is 1. The lowest BCUT2D eigenvalue weighted by atomic mass is 10.0. The van der Waals surface area contributed by atoms with Crippen molar-refractivity contribution < 1.29 is 9.53 Å². The molecular formula is C23H26N4O2. The Hall–Kier alpha value is -3.15. The highest BCUT2D eigenvalue weighted by Crippen LogP contribution is 2.25. The summed E-state index contributed by atoms with van der Waals surface area (Å²) in [5.74, 6) is 2.84. The fourth-order valence-electron chi connectivity index (χ4n) is 3.54. The molecular weight excluding hydrogens is 364 g/mol. The summed E-state index contributed by atoms with van der Waals surface area (Å²) in [6, 6.07) is 15.6. The molecule has 0 atom stereocenters. The maximum atomic E-state index is 12.2. The second-order valence-corrected chi connectivity index (χ2v) is 7.69. The summed E-state index contributed by atoms with van der Waals surface area (Å²) in [4.78, 5) is 12.2. The second-order valence-electron chi connectivity index (χ2n) is 7.69. The monoisotopic (exact) mass is 390 g/mol. The van der Waals surface area contributed by atoms with Gasteiger partial charge >= 0.3 is 0 Å². The van der Waals surface area contributed by atoms with Crippen molar-refractivity contribution in [1.82, 2.24) is 14.8 Å². The molecule has 0 radical (unpaired) electrons. The normalized spacial score (nSPS) is 13.2. The topological polar surface area (TPSA) is 69.0 Å². The van der Waals surface area contributed by atoms with Crippen LogP contribution >= 0.6 is 0 Å². The van der Waals surface area contributed by atoms with Crippen LogP contribution in [0.3, 0.4) is 0 Å². The number of rotatable bonds is 6. The van der Waals surface area contributed by atoms with Gasteiger partial charge in [-0.2, -0.15) is 0 Å². The van der Waals surface area contributed by atoms with Gasteiger partial charge in [-0.15, -0.1) is 10.2 Å². The van der Waals surface area contributed by atoms with Crippen molar-refractivity contribution in [3.05, 3.63) is 59.9 Å². The van der Waals surface area contributed by atoms with Crippen molar-refractivity contribution >= 4 is 11.6 Å². The van der Waals surface area contributed by atoms with Crippen molar-refractivity contribution in [2.75, 3.05) is 11.9 Å². The summed E-state index contributed by atoms with van der Waals surface area (Å²) in [6.07, 6.45) is 3.33. The van der Waals surface area contributed by atoms with E-state index in [4.69, 9.17) is 4.74 Å². The molecule has 0 saturated carbocycles. The number of nitrogens with zero attached hydrogens (tertiary/aromatic N) is 3. The Labute approximate surface area is 170 Å². The van der Waals surface area contributed by atoms with Gasteiger partial charge in [0, 0.05) is 24.2 Å². The number of ether oxygens (including phenoxy) is 1. The zero-order valence-electron chi connectivity index (χ0n) is 16.9. The van der Waals surface area contributed by atoms with Gasteiger partial charge in [-0.05, 0) is 60.7 Å². The molecule has 0 fully saturated rings. The van der Waals surface area contributed by atoms with Crippen LogP contribution in [0.2, 0.25) is 0 Å². The van der Waals surface area contributed by atoms with Gasteiger partial charge in [0.1, 0.15) is 11.6 Å². The van der Waals surface area contributed by atoms with E-state index in [1.54, 1.807) is 0 Å². The first-order valence-electron chi connectivity index (χ1n) is 10.2. The first kappa shape index (κ1) is 19.2. The number of carbonyl (C=O) groups is 1. The Balaban J connectivity index is 1.35. The second kappa shape index (κ2) is 8.47. The molecule has 1 aliphatic rings. The smallest absolute Gasteiger partial charge is 0.262 e. The van der Waals surface area contributed by atoms with Crippen LogP contribution in [-0.4, -0.2) is 27.3 Å². The van der Waals surface area contributed by atoms with E-state index < -0.39 is 0 Å².